The molecule has 0 spiro atoms. The highest BCUT2D eigenvalue weighted by atomic mass is 32.2. The summed E-state index contributed by atoms with van der Waals surface area (Å²) in [4.78, 5) is 2.21. The van der Waals surface area contributed by atoms with Gasteiger partial charge >= 0.3 is 0 Å². The molecular weight excluding hydrogens is 359 g/mol. The number of nitrogens with zero attached hydrogens (tertiary/aromatic N) is 2. The second-order valence-corrected chi connectivity index (χ2v) is 7.82. The number of hydrogen-bond donors (Lipinski definition) is 0. The monoisotopic (exact) mass is 380 g/mol. The Morgan fingerprint density at radius 2 is 1.50 bits per heavy atom. The molecule has 1 aliphatic rings. The Kier molecular flexibility index (Phi) is 5.33. The van der Waals surface area contributed by atoms with Gasteiger partial charge in [0.15, 0.2) is 11.5 Å². The van der Waals surface area contributed by atoms with E-state index in [2.05, 4.69) is 4.90 Å². The normalized spacial score (nSPS) is 15.7. The molecular formula is C18H21FN2O4S. The van der Waals surface area contributed by atoms with Crippen molar-refractivity contribution >= 4 is 15.7 Å². The Hall–Kier alpha value is -2.32. The molecule has 0 N–H and O–H groups in total. The lowest BCUT2D eigenvalue weighted by Crippen LogP contribution is -2.48. The van der Waals surface area contributed by atoms with E-state index < -0.39 is 15.8 Å². The zero-order valence-electron chi connectivity index (χ0n) is 14.7. The van der Waals surface area contributed by atoms with E-state index >= 15 is 0 Å². The van der Waals surface area contributed by atoms with E-state index in [1.54, 1.807) is 14.2 Å². The first-order chi connectivity index (χ1) is 12.5. The molecule has 0 unspecified atom stereocenters. The average molecular weight is 380 g/mol. The van der Waals surface area contributed by atoms with E-state index in [-0.39, 0.29) is 4.90 Å². The van der Waals surface area contributed by atoms with Crippen LogP contribution in [-0.2, 0) is 10.0 Å². The molecule has 1 heterocycles. The average Bonchev–Trinajstić information content (AvgIpc) is 2.68. The van der Waals surface area contributed by atoms with Gasteiger partial charge in [0, 0.05) is 37.9 Å². The third kappa shape index (κ3) is 3.61. The quantitative estimate of drug-likeness (QED) is 0.797. The van der Waals surface area contributed by atoms with E-state index in [9.17, 15) is 12.8 Å². The van der Waals surface area contributed by atoms with Gasteiger partial charge < -0.3 is 14.4 Å². The molecule has 0 bridgehead atoms. The predicted octanol–water partition coefficient (Wildman–Crippen LogP) is 2.35. The van der Waals surface area contributed by atoms with E-state index in [0.29, 0.717) is 37.7 Å². The molecule has 1 saturated heterocycles. The van der Waals surface area contributed by atoms with Crippen molar-refractivity contribution in [3.05, 3.63) is 48.3 Å². The Morgan fingerprint density at radius 1 is 0.885 bits per heavy atom. The molecule has 1 aliphatic heterocycles. The van der Waals surface area contributed by atoms with Gasteiger partial charge in [-0.25, -0.2) is 12.8 Å². The fraction of sp³-hybridized carbons (Fsp3) is 0.333. The fourth-order valence-electron chi connectivity index (χ4n) is 2.96. The Bertz CT molecular complexity index is 863. The number of halogens is 1. The van der Waals surface area contributed by atoms with E-state index in [0.717, 1.165) is 17.8 Å². The van der Waals surface area contributed by atoms with Gasteiger partial charge in [-0.2, -0.15) is 4.31 Å². The van der Waals surface area contributed by atoms with Crippen molar-refractivity contribution in [3.8, 4) is 11.5 Å². The maximum atomic E-state index is 13.0. The maximum absolute atomic E-state index is 13.0. The molecule has 0 saturated carbocycles. The second kappa shape index (κ2) is 7.51. The standard InChI is InChI=1S/C18H21FN2O4S/c1-24-17-8-5-15(13-18(17)25-2)20-9-11-21(12-10-20)26(22,23)16-6-3-14(19)4-7-16/h3-8,13H,9-12H2,1-2H3. The minimum absolute atomic E-state index is 0.110. The van der Waals surface area contributed by atoms with Gasteiger partial charge in [0.2, 0.25) is 10.0 Å². The summed E-state index contributed by atoms with van der Waals surface area (Å²) in [5, 5.41) is 0. The highest BCUT2D eigenvalue weighted by molar-refractivity contribution is 7.89. The van der Waals surface area contributed by atoms with Crippen LogP contribution in [0.1, 0.15) is 0 Å². The smallest absolute Gasteiger partial charge is 0.243 e. The van der Waals surface area contributed by atoms with Crippen LogP contribution in [0.2, 0.25) is 0 Å². The number of hydrogen-bond acceptors (Lipinski definition) is 5. The molecule has 140 valence electrons. The zero-order valence-corrected chi connectivity index (χ0v) is 15.5. The molecule has 0 amide bonds. The van der Waals surface area contributed by atoms with Gasteiger partial charge in [0.05, 0.1) is 19.1 Å². The molecule has 2 aromatic rings. The predicted molar refractivity (Wildman–Crippen MR) is 96.9 cm³/mol. The highest BCUT2D eigenvalue weighted by Crippen LogP contribution is 2.32. The zero-order chi connectivity index (χ0) is 18.7. The third-order valence-electron chi connectivity index (χ3n) is 4.42. The number of piperazine rings is 1. The van der Waals surface area contributed by atoms with Crippen molar-refractivity contribution in [2.24, 2.45) is 0 Å². The molecule has 1 fully saturated rings. The molecule has 0 aromatic heterocycles. The van der Waals surface area contributed by atoms with Crippen molar-refractivity contribution in [3.63, 3.8) is 0 Å². The van der Waals surface area contributed by atoms with Crippen LogP contribution >= 0.6 is 0 Å². The summed E-state index contributed by atoms with van der Waals surface area (Å²) in [6.45, 7) is 1.81. The Morgan fingerprint density at radius 3 is 2.08 bits per heavy atom. The minimum atomic E-state index is -3.61. The molecule has 2 aromatic carbocycles. The number of rotatable bonds is 5. The number of methoxy groups -OCH3 is 2. The van der Waals surface area contributed by atoms with Crippen LogP contribution in [-0.4, -0.2) is 53.1 Å². The maximum Gasteiger partial charge on any atom is 0.243 e. The SMILES string of the molecule is COc1ccc(N2CCN(S(=O)(=O)c3ccc(F)cc3)CC2)cc1OC. The summed E-state index contributed by atoms with van der Waals surface area (Å²) in [6, 6.07) is 10.5. The number of benzene rings is 2. The Balaban J connectivity index is 1.72. The van der Waals surface area contributed by atoms with Gasteiger partial charge in [-0.3, -0.25) is 0 Å². The van der Waals surface area contributed by atoms with Gasteiger partial charge in [0.1, 0.15) is 5.82 Å². The van der Waals surface area contributed by atoms with Crippen molar-refractivity contribution in [1.29, 1.82) is 0 Å². The van der Waals surface area contributed by atoms with Gasteiger partial charge in [-0.15, -0.1) is 0 Å². The lowest BCUT2D eigenvalue weighted by Gasteiger charge is -2.35. The van der Waals surface area contributed by atoms with E-state index in [1.807, 2.05) is 18.2 Å². The minimum Gasteiger partial charge on any atom is -0.493 e. The van der Waals surface area contributed by atoms with Crippen LogP contribution in [0.5, 0.6) is 11.5 Å². The summed E-state index contributed by atoms with van der Waals surface area (Å²) in [5.41, 5.74) is 0.946. The first-order valence-corrected chi connectivity index (χ1v) is 9.62. The van der Waals surface area contributed by atoms with Crippen LogP contribution in [0, 0.1) is 5.82 Å². The van der Waals surface area contributed by atoms with Crippen LogP contribution in [0.3, 0.4) is 0 Å². The number of sulfonamides is 1. The van der Waals surface area contributed by atoms with E-state index in [1.165, 1.54) is 16.4 Å². The van der Waals surface area contributed by atoms with Gasteiger partial charge in [-0.05, 0) is 36.4 Å². The highest BCUT2D eigenvalue weighted by Gasteiger charge is 2.28. The molecule has 3 rings (SSSR count). The Labute approximate surface area is 152 Å². The first-order valence-electron chi connectivity index (χ1n) is 8.18. The fourth-order valence-corrected chi connectivity index (χ4v) is 4.39. The number of anilines is 1. The summed E-state index contributed by atoms with van der Waals surface area (Å²) in [7, 11) is -0.454. The lowest BCUT2D eigenvalue weighted by atomic mass is 10.2. The van der Waals surface area contributed by atoms with Crippen LogP contribution in [0.4, 0.5) is 10.1 Å². The third-order valence-corrected chi connectivity index (χ3v) is 6.34. The first kappa shape index (κ1) is 18.5. The van der Waals surface area contributed by atoms with Crippen molar-refractivity contribution in [2.45, 2.75) is 4.90 Å². The summed E-state index contributed by atoms with van der Waals surface area (Å²) in [6.07, 6.45) is 0. The molecule has 6 nitrogen and oxygen atoms in total. The number of ether oxygens (including phenoxy) is 2. The van der Waals surface area contributed by atoms with Gasteiger partial charge in [-0.1, -0.05) is 0 Å². The molecule has 26 heavy (non-hydrogen) atoms. The largest absolute Gasteiger partial charge is 0.493 e. The van der Waals surface area contributed by atoms with Crippen molar-refractivity contribution in [2.75, 3.05) is 45.3 Å². The van der Waals surface area contributed by atoms with Crippen LogP contribution in [0.25, 0.3) is 0 Å². The summed E-state index contributed by atoms with van der Waals surface area (Å²) in [5.74, 6) is 0.822. The molecule has 0 atom stereocenters. The van der Waals surface area contributed by atoms with Crippen LogP contribution in [0.15, 0.2) is 47.4 Å². The van der Waals surface area contributed by atoms with Crippen molar-refractivity contribution < 1.29 is 22.3 Å². The summed E-state index contributed by atoms with van der Waals surface area (Å²) < 4.78 is 50.4. The second-order valence-electron chi connectivity index (χ2n) is 5.88. The molecule has 0 radical (unpaired) electrons. The van der Waals surface area contributed by atoms with Crippen molar-refractivity contribution in [1.82, 2.24) is 4.31 Å². The van der Waals surface area contributed by atoms with Gasteiger partial charge in [0.25, 0.3) is 0 Å². The molecule has 8 heteroatoms. The molecule has 0 aliphatic carbocycles. The van der Waals surface area contributed by atoms with E-state index in [4.69, 9.17) is 9.47 Å². The van der Waals surface area contributed by atoms with Crippen LogP contribution < -0.4 is 14.4 Å². The topological polar surface area (TPSA) is 59.1 Å². The lowest BCUT2D eigenvalue weighted by molar-refractivity contribution is 0.354. The summed E-state index contributed by atoms with van der Waals surface area (Å²) >= 11 is 0.